The van der Waals surface area contributed by atoms with E-state index < -0.39 is 81.0 Å². The minimum atomic E-state index is -5.21. The highest BCUT2D eigenvalue weighted by Gasteiger charge is 2.56. The second-order valence-electron chi connectivity index (χ2n) is 10.1. The summed E-state index contributed by atoms with van der Waals surface area (Å²) in [5.41, 5.74) is -6.13. The minimum absolute atomic E-state index is 0.370. The Morgan fingerprint density at radius 3 is 2.06 bits per heavy atom. The molecule has 206 valence electrons. The Kier molecular flexibility index (Phi) is 10.4. The van der Waals surface area contributed by atoms with Gasteiger partial charge in [0.15, 0.2) is 9.84 Å². The van der Waals surface area contributed by atoms with E-state index in [9.17, 15) is 36.3 Å². The monoisotopic (exact) mass is 604 g/mol. The van der Waals surface area contributed by atoms with Gasteiger partial charge in [-0.2, -0.15) is 13.2 Å². The van der Waals surface area contributed by atoms with Crippen molar-refractivity contribution in [1.82, 2.24) is 10.3 Å². The van der Waals surface area contributed by atoms with Crippen molar-refractivity contribution in [3.63, 3.8) is 0 Å². The van der Waals surface area contributed by atoms with E-state index in [-0.39, 0.29) is 0 Å². The summed E-state index contributed by atoms with van der Waals surface area (Å²) in [6, 6.07) is 0.734. The lowest BCUT2D eigenvalue weighted by atomic mass is 9.95. The molecule has 0 aliphatic rings. The number of halogens is 4. The number of ether oxygens (including phenoxy) is 2. The first-order valence-electron chi connectivity index (χ1n) is 10.9. The van der Waals surface area contributed by atoms with Gasteiger partial charge in [-0.05, 0) is 76.0 Å². The summed E-state index contributed by atoms with van der Waals surface area (Å²) in [6.45, 7) is 9.46. The molecule has 1 amide bonds. The number of nitrogens with one attached hydrogen (secondary N) is 1. The predicted octanol–water partition coefficient (Wildman–Crippen LogP) is 4.02. The highest BCUT2D eigenvalue weighted by Crippen LogP contribution is 2.41. The molecular weight excluding hydrogens is 573 g/mol. The second kappa shape index (κ2) is 11.6. The number of aliphatic hydroxyl groups is 1. The van der Waals surface area contributed by atoms with Crippen LogP contribution in [0.3, 0.4) is 0 Å². The number of aromatic nitrogens is 1. The van der Waals surface area contributed by atoms with E-state index >= 15 is 0 Å². The Morgan fingerprint density at radius 1 is 1.06 bits per heavy atom. The highest BCUT2D eigenvalue weighted by molar-refractivity contribution is 9.10. The van der Waals surface area contributed by atoms with E-state index in [4.69, 9.17) is 9.47 Å². The van der Waals surface area contributed by atoms with Gasteiger partial charge < -0.3 is 19.9 Å². The molecule has 14 heteroatoms. The van der Waals surface area contributed by atoms with Crippen LogP contribution in [0.2, 0.25) is 0 Å². The molecule has 1 aromatic heterocycles. The third-order valence-electron chi connectivity index (χ3n) is 4.49. The largest absolute Gasteiger partial charge is 0.458 e. The lowest BCUT2D eigenvalue weighted by Gasteiger charge is -2.30. The zero-order valence-electron chi connectivity index (χ0n) is 20.9. The maximum atomic E-state index is 13.7. The Balaban J connectivity index is 3.03. The fourth-order valence-electron chi connectivity index (χ4n) is 2.81. The Labute approximate surface area is 217 Å². The summed E-state index contributed by atoms with van der Waals surface area (Å²) in [6.07, 6.45) is -6.86. The van der Waals surface area contributed by atoms with E-state index in [0.717, 1.165) is 12.3 Å². The predicted molar refractivity (Wildman–Crippen MR) is 129 cm³/mol. The molecule has 1 aromatic rings. The molecule has 1 heterocycles. The number of esters is 1. The van der Waals surface area contributed by atoms with Gasteiger partial charge in [-0.3, -0.25) is 4.98 Å². The van der Waals surface area contributed by atoms with Gasteiger partial charge in [0.2, 0.25) is 5.60 Å². The minimum Gasteiger partial charge on any atom is -0.458 e. The smallest absolute Gasteiger partial charge is 0.423 e. The number of alkyl halides is 3. The molecule has 36 heavy (non-hydrogen) atoms. The van der Waals surface area contributed by atoms with Crippen LogP contribution in [-0.2, 0) is 29.7 Å². The van der Waals surface area contributed by atoms with Gasteiger partial charge in [-0.1, -0.05) is 0 Å². The maximum absolute atomic E-state index is 13.7. The molecule has 1 unspecified atom stereocenters. The van der Waals surface area contributed by atoms with Crippen molar-refractivity contribution in [2.45, 2.75) is 83.4 Å². The number of amides is 1. The van der Waals surface area contributed by atoms with Crippen LogP contribution in [0.25, 0.3) is 0 Å². The van der Waals surface area contributed by atoms with Crippen LogP contribution >= 0.6 is 15.9 Å². The number of alkyl carbamates (subject to hydrolysis) is 1. The molecular formula is C22H32BrF3N2O7S. The van der Waals surface area contributed by atoms with Gasteiger partial charge in [0.1, 0.15) is 17.2 Å². The van der Waals surface area contributed by atoms with Crippen molar-refractivity contribution in [3.05, 3.63) is 28.5 Å². The van der Waals surface area contributed by atoms with Gasteiger partial charge in [0, 0.05) is 17.1 Å². The van der Waals surface area contributed by atoms with Crippen LogP contribution in [-0.4, -0.2) is 65.5 Å². The fourth-order valence-corrected chi connectivity index (χ4v) is 4.45. The first-order chi connectivity index (χ1) is 16.0. The molecule has 0 spiro atoms. The van der Waals surface area contributed by atoms with Gasteiger partial charge in [0.25, 0.3) is 0 Å². The molecule has 0 bridgehead atoms. The van der Waals surface area contributed by atoms with Crippen molar-refractivity contribution in [3.8, 4) is 0 Å². The normalized spacial score (nSPS) is 15.5. The third kappa shape index (κ3) is 10.6. The standard InChI is InChI=1S/C22H32BrF3N2O7S/c1-19(2,3)34-17(29)15(28-18(30)35-20(4,5)6)9-11-36(32,33)12-10-21(31,22(24,25)26)16-8-7-14(23)13-27-16/h7-8,13,15,31H,9-12H2,1-6H3,(H,28,30)/t15-,21?/m0/s1. The Morgan fingerprint density at radius 2 is 1.61 bits per heavy atom. The molecule has 0 fully saturated rings. The number of nitrogens with zero attached hydrogens (tertiary/aromatic N) is 1. The number of rotatable bonds is 9. The number of hydrogen-bond donors (Lipinski definition) is 2. The second-order valence-corrected chi connectivity index (χ2v) is 13.4. The van der Waals surface area contributed by atoms with Crippen molar-refractivity contribution in [2.24, 2.45) is 0 Å². The zero-order chi connectivity index (χ0) is 28.2. The Hall–Kier alpha value is -1.93. The van der Waals surface area contributed by atoms with Gasteiger partial charge >= 0.3 is 18.2 Å². The van der Waals surface area contributed by atoms with Gasteiger partial charge in [0.05, 0.1) is 17.2 Å². The summed E-state index contributed by atoms with van der Waals surface area (Å²) in [5, 5.41) is 12.6. The average Bonchev–Trinajstić information content (AvgIpc) is 2.66. The molecule has 0 saturated carbocycles. The lowest BCUT2D eigenvalue weighted by Crippen LogP contribution is -2.47. The molecule has 0 aliphatic carbocycles. The topological polar surface area (TPSA) is 132 Å². The summed E-state index contributed by atoms with van der Waals surface area (Å²) in [5.74, 6) is -2.77. The summed E-state index contributed by atoms with van der Waals surface area (Å²) in [7, 11) is -4.23. The molecule has 0 radical (unpaired) electrons. The summed E-state index contributed by atoms with van der Waals surface area (Å²) >= 11 is 3.03. The fraction of sp³-hybridized carbons (Fsp3) is 0.682. The van der Waals surface area contributed by atoms with Crippen molar-refractivity contribution in [1.29, 1.82) is 0 Å². The number of carbonyl (C=O) groups excluding carboxylic acids is 2. The van der Waals surface area contributed by atoms with E-state index in [0.29, 0.717) is 4.47 Å². The van der Waals surface area contributed by atoms with Crippen LogP contribution in [0.1, 0.15) is 60.1 Å². The summed E-state index contributed by atoms with van der Waals surface area (Å²) < 4.78 is 77.0. The Bertz CT molecular complexity index is 1020. The van der Waals surface area contributed by atoms with Crippen molar-refractivity contribution >= 4 is 37.8 Å². The van der Waals surface area contributed by atoms with Crippen LogP contribution in [0.4, 0.5) is 18.0 Å². The summed E-state index contributed by atoms with van der Waals surface area (Å²) in [4.78, 5) is 28.3. The average molecular weight is 605 g/mol. The highest BCUT2D eigenvalue weighted by atomic mass is 79.9. The SMILES string of the molecule is CC(C)(C)OC(=O)N[C@@H](CCS(=O)(=O)CCC(O)(c1ccc(Br)cn1)C(F)(F)F)C(=O)OC(C)(C)C. The first-order valence-corrected chi connectivity index (χ1v) is 13.5. The van der Waals surface area contributed by atoms with E-state index in [1.54, 1.807) is 41.5 Å². The first kappa shape index (κ1) is 32.1. The lowest BCUT2D eigenvalue weighted by molar-refractivity contribution is -0.268. The molecule has 0 aromatic carbocycles. The van der Waals surface area contributed by atoms with Gasteiger partial charge in [-0.15, -0.1) is 0 Å². The van der Waals surface area contributed by atoms with E-state index in [1.807, 2.05) is 0 Å². The zero-order valence-corrected chi connectivity index (χ0v) is 23.3. The molecule has 0 aliphatic heterocycles. The molecule has 2 N–H and O–H groups in total. The van der Waals surface area contributed by atoms with Crippen LogP contribution in [0.15, 0.2) is 22.8 Å². The quantitative estimate of drug-likeness (QED) is 0.404. The van der Waals surface area contributed by atoms with E-state index in [1.165, 1.54) is 6.07 Å². The number of hydrogen-bond acceptors (Lipinski definition) is 8. The molecule has 1 rings (SSSR count). The maximum Gasteiger partial charge on any atom is 0.423 e. The van der Waals surface area contributed by atoms with Crippen molar-refractivity contribution in [2.75, 3.05) is 11.5 Å². The molecule has 0 saturated heterocycles. The molecule has 2 atom stereocenters. The van der Waals surface area contributed by atoms with E-state index in [2.05, 4.69) is 26.2 Å². The molecule has 9 nitrogen and oxygen atoms in total. The third-order valence-corrected chi connectivity index (χ3v) is 6.65. The van der Waals surface area contributed by atoms with Crippen LogP contribution in [0.5, 0.6) is 0 Å². The number of pyridine rings is 1. The van der Waals surface area contributed by atoms with Gasteiger partial charge in [-0.25, -0.2) is 18.0 Å². The number of carbonyl (C=O) groups is 2. The number of sulfone groups is 1. The van der Waals surface area contributed by atoms with Crippen LogP contribution in [0, 0.1) is 0 Å². The van der Waals surface area contributed by atoms with Crippen LogP contribution < -0.4 is 5.32 Å². The van der Waals surface area contributed by atoms with Crippen molar-refractivity contribution < 1.29 is 45.8 Å².